The van der Waals surface area contributed by atoms with Crippen LogP contribution in [-0.4, -0.2) is 58.7 Å². The van der Waals surface area contributed by atoms with Crippen molar-refractivity contribution in [2.75, 3.05) is 0 Å². The van der Waals surface area contributed by atoms with E-state index in [2.05, 4.69) is 74.9 Å². The van der Waals surface area contributed by atoms with Crippen molar-refractivity contribution in [1.82, 2.24) is 0 Å². The maximum Gasteiger partial charge on any atom is 0.319 e. The van der Waals surface area contributed by atoms with Crippen LogP contribution in [0.1, 0.15) is 66.2 Å². The van der Waals surface area contributed by atoms with Crippen LogP contribution in [0.25, 0.3) is 0 Å². The highest BCUT2D eigenvalue weighted by Gasteiger charge is 1.93. The van der Waals surface area contributed by atoms with Crippen molar-refractivity contribution in [1.29, 1.82) is 0 Å². The summed E-state index contributed by atoms with van der Waals surface area (Å²) in [6, 6.07) is 0. The lowest BCUT2D eigenvalue weighted by Gasteiger charge is -1.88. The predicted octanol–water partition coefficient (Wildman–Crippen LogP) is 1.14. The Hall–Kier alpha value is 2.12. The van der Waals surface area contributed by atoms with E-state index in [1.165, 1.54) is 38.5 Å². The molecule has 0 spiro atoms. The van der Waals surface area contributed by atoms with Gasteiger partial charge in [-0.15, -0.1) is 0 Å². The molecule has 0 aliphatic heterocycles. The Morgan fingerprint density at radius 3 is 0.433 bits per heavy atom. The quantitative estimate of drug-likeness (QED) is 0.202. The van der Waals surface area contributed by atoms with Gasteiger partial charge in [0.05, 0.1) is 0 Å². The van der Waals surface area contributed by atoms with E-state index in [4.69, 9.17) is 58.7 Å². The van der Waals surface area contributed by atoms with Crippen molar-refractivity contribution in [2.24, 2.45) is 0 Å². The smallest absolute Gasteiger partial charge is 0.319 e. The predicted molar refractivity (Wildman–Crippen MR) is 134 cm³/mol. The van der Waals surface area contributed by atoms with Crippen molar-refractivity contribution in [3.63, 3.8) is 0 Å². The minimum absolute atomic E-state index is 1.34. The summed E-state index contributed by atoms with van der Waals surface area (Å²) in [5.74, 6) is 0. The van der Waals surface area contributed by atoms with E-state index in [-0.39, 0.29) is 0 Å². The molecule has 0 fully saturated rings. The summed E-state index contributed by atoms with van der Waals surface area (Å²) in [5.41, 5.74) is 0. The molecule has 192 valence electrons. The highest BCUT2D eigenvalue weighted by atomic mass is 32.5. The second kappa shape index (κ2) is 27.4. The van der Waals surface area contributed by atoms with Crippen LogP contribution in [0.2, 0.25) is 0 Å². The molecule has 0 aromatic rings. The molecule has 12 nitrogen and oxygen atoms in total. The Balaban J connectivity index is -0.0000000576. The molecule has 0 aromatic heterocycles. The molecule has 30 heavy (non-hydrogen) atoms. The Kier molecular flexibility index (Phi) is 41.6. The molecule has 0 aliphatic carbocycles. The third-order valence-electron chi connectivity index (χ3n) is 1.41. The molecule has 0 atom stereocenters. The summed E-state index contributed by atoms with van der Waals surface area (Å²) in [6.45, 7) is -6.38. The van der Waals surface area contributed by atoms with Crippen LogP contribution >= 0.6 is 26.9 Å². The van der Waals surface area contributed by atoms with E-state index < -0.39 is 26.9 Å². The van der Waals surface area contributed by atoms with Gasteiger partial charge in [-0.3, -0.25) is 0 Å². The highest BCUT2D eigenvalue weighted by molar-refractivity contribution is 8.07. The zero-order valence-electron chi connectivity index (χ0n) is 17.0. The minimum atomic E-state index is -3.81. The lowest BCUT2D eigenvalue weighted by molar-refractivity contribution is 0.361. The van der Waals surface area contributed by atoms with Crippen molar-refractivity contribution in [3.05, 3.63) is 0 Å². The Bertz CT molecular complexity index is 392. The first-order chi connectivity index (χ1) is 12.8. The molecule has 0 amide bonds. The SMILES string of the molecule is CCCCC.CCCCC.OP(O)(O)=S.OP(O)(O)=S.OP(O)(O)=S.OP(O)(O)=S. The first-order valence-electron chi connectivity index (χ1n) is 7.96. The number of unbranched alkanes of at least 4 members (excludes halogenated alkanes) is 4. The Morgan fingerprint density at radius 1 is 0.367 bits per heavy atom. The fraction of sp³-hybridized carbons (Fsp3) is 1.00. The zero-order chi connectivity index (χ0) is 26.2. The highest BCUT2D eigenvalue weighted by Crippen LogP contribution is 2.27. The summed E-state index contributed by atoms with van der Waals surface area (Å²) in [4.78, 5) is 90.7. The monoisotopic (exact) mass is 600 g/mol. The zero-order valence-corrected chi connectivity index (χ0v) is 23.9. The first kappa shape index (κ1) is 45.6. The summed E-state index contributed by atoms with van der Waals surface area (Å²) in [7, 11) is 0. The van der Waals surface area contributed by atoms with E-state index in [0.717, 1.165) is 0 Å². The third-order valence-corrected chi connectivity index (χ3v) is 1.41. The first-order valence-corrected chi connectivity index (χ1v) is 18.6. The van der Waals surface area contributed by atoms with Gasteiger partial charge < -0.3 is 58.7 Å². The lowest BCUT2D eigenvalue weighted by atomic mass is 10.3. The van der Waals surface area contributed by atoms with Gasteiger partial charge in [-0.1, -0.05) is 66.2 Å². The molecular weight excluding hydrogens is 564 g/mol. The van der Waals surface area contributed by atoms with E-state index in [9.17, 15) is 0 Å². The molecule has 0 aromatic carbocycles. The molecular formula is C10H36O12P4S4. The molecule has 0 heterocycles. The maximum absolute atomic E-state index is 7.56. The van der Waals surface area contributed by atoms with Gasteiger partial charge in [0.1, 0.15) is 0 Å². The number of hydrogen-bond acceptors (Lipinski definition) is 4. The summed E-state index contributed by atoms with van der Waals surface area (Å²) in [6.07, 6.45) is 8.15. The van der Waals surface area contributed by atoms with E-state index >= 15 is 0 Å². The van der Waals surface area contributed by atoms with Crippen LogP contribution in [-0.2, 0) is 47.2 Å². The molecule has 0 rings (SSSR count). The van der Waals surface area contributed by atoms with E-state index in [1.807, 2.05) is 0 Å². The number of hydrogen-bond donors (Lipinski definition) is 12. The lowest BCUT2D eigenvalue weighted by Crippen LogP contribution is -1.65. The molecule has 20 heteroatoms. The van der Waals surface area contributed by atoms with Crippen LogP contribution < -0.4 is 0 Å². The van der Waals surface area contributed by atoms with Crippen LogP contribution in [0.4, 0.5) is 0 Å². The van der Waals surface area contributed by atoms with E-state index in [0.29, 0.717) is 0 Å². The van der Waals surface area contributed by atoms with Crippen LogP contribution in [0.15, 0.2) is 0 Å². The van der Waals surface area contributed by atoms with Crippen molar-refractivity contribution in [3.8, 4) is 0 Å². The minimum Gasteiger partial charge on any atom is -0.325 e. The topological polar surface area (TPSA) is 243 Å². The average Bonchev–Trinajstić information content (AvgIpc) is 2.33. The summed E-state index contributed by atoms with van der Waals surface area (Å²) >= 11 is 14.4. The van der Waals surface area contributed by atoms with Crippen LogP contribution in [0.5, 0.6) is 0 Å². The standard InChI is InChI=1S/2C5H12.4H3O3PS/c2*1-3-5-4-2;4*1-4(2,3)5/h2*3-5H2,1-2H3;4*(H3,1,2,3,5). The summed E-state index contributed by atoms with van der Waals surface area (Å²) < 4.78 is 0. The maximum atomic E-state index is 7.56. The Labute approximate surface area is 198 Å². The normalized spacial score (nSPS) is 10.7. The fourth-order valence-corrected chi connectivity index (χ4v) is 0.707. The van der Waals surface area contributed by atoms with Crippen LogP contribution in [0.3, 0.4) is 0 Å². The second-order valence-corrected chi connectivity index (χ2v) is 14.7. The molecule has 0 aliphatic rings. The van der Waals surface area contributed by atoms with Gasteiger partial charge in [-0.2, -0.15) is 0 Å². The summed E-state index contributed by atoms with van der Waals surface area (Å²) in [5, 5.41) is 0. The van der Waals surface area contributed by atoms with E-state index in [1.54, 1.807) is 0 Å². The molecule has 0 saturated heterocycles. The molecule has 12 N–H and O–H groups in total. The van der Waals surface area contributed by atoms with Gasteiger partial charge in [0, 0.05) is 0 Å². The van der Waals surface area contributed by atoms with Gasteiger partial charge in [0.25, 0.3) is 0 Å². The largest absolute Gasteiger partial charge is 0.325 e. The van der Waals surface area contributed by atoms with Gasteiger partial charge in [0.15, 0.2) is 0 Å². The fourth-order valence-electron chi connectivity index (χ4n) is 0.707. The molecule has 0 unspecified atom stereocenters. The molecule has 0 radical (unpaired) electrons. The third kappa shape index (κ3) is 682. The second-order valence-electron chi connectivity index (χ2n) is 4.76. The van der Waals surface area contributed by atoms with Gasteiger partial charge in [0.2, 0.25) is 0 Å². The van der Waals surface area contributed by atoms with Crippen LogP contribution in [0, 0.1) is 0 Å². The van der Waals surface area contributed by atoms with Gasteiger partial charge in [-0.25, -0.2) is 0 Å². The average molecular weight is 601 g/mol. The van der Waals surface area contributed by atoms with Gasteiger partial charge in [-0.05, 0) is 47.2 Å². The molecule has 0 saturated carbocycles. The van der Waals surface area contributed by atoms with Gasteiger partial charge >= 0.3 is 26.9 Å². The van der Waals surface area contributed by atoms with Crippen molar-refractivity contribution >= 4 is 74.1 Å². The Morgan fingerprint density at radius 2 is 0.433 bits per heavy atom. The number of rotatable bonds is 4. The van der Waals surface area contributed by atoms with Crippen molar-refractivity contribution in [2.45, 2.75) is 66.2 Å². The molecule has 0 bridgehead atoms. The van der Waals surface area contributed by atoms with Crippen molar-refractivity contribution < 1.29 is 58.7 Å².